The zero-order valence-corrected chi connectivity index (χ0v) is 10.2. The van der Waals surface area contributed by atoms with Gasteiger partial charge in [-0.1, -0.05) is 24.3 Å². The Morgan fingerprint density at radius 2 is 2.20 bits per heavy atom. The van der Waals surface area contributed by atoms with Crippen LogP contribution in [0.15, 0.2) is 24.3 Å². The van der Waals surface area contributed by atoms with Crippen LogP contribution in [0.25, 0.3) is 0 Å². The van der Waals surface area contributed by atoms with Crippen molar-refractivity contribution in [2.75, 3.05) is 19.5 Å². The summed E-state index contributed by atoms with van der Waals surface area (Å²) in [6, 6.07) is 9.22. The summed E-state index contributed by atoms with van der Waals surface area (Å²) in [5, 5.41) is 0. The van der Waals surface area contributed by atoms with Crippen molar-refractivity contribution < 1.29 is 0 Å². The summed E-state index contributed by atoms with van der Waals surface area (Å²) < 4.78 is 0. The van der Waals surface area contributed by atoms with E-state index in [2.05, 4.69) is 43.1 Å². The quantitative estimate of drug-likeness (QED) is 0.710. The van der Waals surface area contributed by atoms with Gasteiger partial charge in [0.15, 0.2) is 0 Å². The van der Waals surface area contributed by atoms with E-state index in [-0.39, 0.29) is 0 Å². The lowest BCUT2D eigenvalue weighted by Gasteiger charge is -2.35. The number of hydrogen-bond acceptors (Lipinski definition) is 1. The standard InChI is InChI=1S/C13H18ClN/c1-10(8-14)15(2)9-12-7-11-5-3-4-6-13(11)12/h3-6,10,12H,7-9H2,1-2H3. The highest BCUT2D eigenvalue weighted by molar-refractivity contribution is 6.18. The zero-order chi connectivity index (χ0) is 10.8. The molecule has 2 atom stereocenters. The summed E-state index contributed by atoms with van der Waals surface area (Å²) in [7, 11) is 2.16. The predicted molar refractivity (Wildman–Crippen MR) is 65.7 cm³/mol. The van der Waals surface area contributed by atoms with Crippen molar-refractivity contribution >= 4 is 11.6 Å². The molecule has 0 spiro atoms. The summed E-state index contributed by atoms with van der Waals surface area (Å²) in [6.07, 6.45) is 1.23. The van der Waals surface area contributed by atoms with E-state index in [1.54, 1.807) is 0 Å². The molecule has 0 saturated heterocycles. The first-order valence-corrected chi connectivity index (χ1v) is 6.10. The maximum atomic E-state index is 5.85. The second kappa shape index (κ2) is 4.54. The molecule has 0 saturated carbocycles. The summed E-state index contributed by atoms with van der Waals surface area (Å²) in [4.78, 5) is 2.35. The van der Waals surface area contributed by atoms with Gasteiger partial charge in [0.1, 0.15) is 0 Å². The van der Waals surface area contributed by atoms with Crippen LogP contribution >= 0.6 is 11.6 Å². The summed E-state index contributed by atoms with van der Waals surface area (Å²) in [5.74, 6) is 1.43. The van der Waals surface area contributed by atoms with Gasteiger partial charge in [-0.05, 0) is 31.5 Å². The van der Waals surface area contributed by atoms with E-state index in [1.165, 1.54) is 17.5 Å². The van der Waals surface area contributed by atoms with Crippen LogP contribution in [0.3, 0.4) is 0 Å². The minimum absolute atomic E-state index is 0.472. The van der Waals surface area contributed by atoms with Crippen molar-refractivity contribution in [1.82, 2.24) is 4.90 Å². The van der Waals surface area contributed by atoms with E-state index >= 15 is 0 Å². The number of halogens is 1. The first kappa shape index (κ1) is 11.0. The van der Waals surface area contributed by atoms with Gasteiger partial charge in [0.05, 0.1) is 0 Å². The van der Waals surface area contributed by atoms with Gasteiger partial charge in [0.2, 0.25) is 0 Å². The van der Waals surface area contributed by atoms with Crippen molar-refractivity contribution in [3.05, 3.63) is 35.4 Å². The number of fused-ring (bicyclic) bond motifs is 1. The fraction of sp³-hybridized carbons (Fsp3) is 0.538. The smallest absolute Gasteiger partial charge is 0.0376 e. The van der Waals surface area contributed by atoms with Gasteiger partial charge in [-0.2, -0.15) is 0 Å². The van der Waals surface area contributed by atoms with Gasteiger partial charge in [0.25, 0.3) is 0 Å². The van der Waals surface area contributed by atoms with Gasteiger partial charge in [-0.3, -0.25) is 0 Å². The molecule has 2 unspecified atom stereocenters. The van der Waals surface area contributed by atoms with Crippen LogP contribution in [0.4, 0.5) is 0 Å². The Hall–Kier alpha value is -0.530. The third-order valence-electron chi connectivity index (χ3n) is 3.45. The SMILES string of the molecule is CC(CCl)N(C)CC1Cc2ccccc21. The lowest BCUT2D eigenvalue weighted by molar-refractivity contribution is 0.250. The molecule has 1 aliphatic rings. The van der Waals surface area contributed by atoms with E-state index in [9.17, 15) is 0 Å². The number of hydrogen-bond donors (Lipinski definition) is 0. The van der Waals surface area contributed by atoms with Gasteiger partial charge in [-0.25, -0.2) is 0 Å². The topological polar surface area (TPSA) is 3.24 Å². The Morgan fingerprint density at radius 3 is 2.87 bits per heavy atom. The number of alkyl halides is 1. The van der Waals surface area contributed by atoms with Crippen molar-refractivity contribution in [2.45, 2.75) is 25.3 Å². The minimum Gasteiger partial charge on any atom is -0.302 e. The van der Waals surface area contributed by atoms with Gasteiger partial charge >= 0.3 is 0 Å². The Morgan fingerprint density at radius 1 is 1.47 bits per heavy atom. The molecule has 1 aromatic rings. The summed E-state index contributed by atoms with van der Waals surface area (Å²) in [5.41, 5.74) is 3.06. The van der Waals surface area contributed by atoms with E-state index in [0.29, 0.717) is 11.9 Å². The molecule has 2 rings (SSSR count). The van der Waals surface area contributed by atoms with Crippen LogP contribution in [0.2, 0.25) is 0 Å². The van der Waals surface area contributed by atoms with Gasteiger partial charge in [0, 0.05) is 24.4 Å². The zero-order valence-electron chi connectivity index (χ0n) is 9.41. The molecule has 0 aromatic heterocycles. The van der Waals surface area contributed by atoms with Gasteiger partial charge in [-0.15, -0.1) is 11.6 Å². The molecule has 1 nitrogen and oxygen atoms in total. The van der Waals surface area contributed by atoms with E-state index in [1.807, 2.05) is 0 Å². The molecule has 0 radical (unpaired) electrons. The number of nitrogens with zero attached hydrogens (tertiary/aromatic N) is 1. The number of likely N-dealkylation sites (N-methyl/N-ethyl adjacent to an activating group) is 1. The van der Waals surface area contributed by atoms with Gasteiger partial charge < -0.3 is 4.90 Å². The third-order valence-corrected chi connectivity index (χ3v) is 3.89. The minimum atomic E-state index is 0.472. The molecule has 82 valence electrons. The third kappa shape index (κ3) is 2.19. The first-order chi connectivity index (χ1) is 7.22. The van der Waals surface area contributed by atoms with Crippen molar-refractivity contribution in [2.24, 2.45) is 0 Å². The molecule has 2 heteroatoms. The lowest BCUT2D eigenvalue weighted by Crippen LogP contribution is -2.37. The highest BCUT2D eigenvalue weighted by atomic mass is 35.5. The lowest BCUT2D eigenvalue weighted by atomic mass is 9.77. The van der Waals surface area contributed by atoms with Crippen molar-refractivity contribution in [1.29, 1.82) is 0 Å². The number of benzene rings is 1. The predicted octanol–water partition coefficient (Wildman–Crippen LogP) is 2.89. The largest absolute Gasteiger partial charge is 0.302 e. The molecule has 0 amide bonds. The molecular weight excluding hydrogens is 206 g/mol. The van der Waals surface area contributed by atoms with E-state index < -0.39 is 0 Å². The fourth-order valence-corrected chi connectivity index (χ4v) is 2.41. The second-order valence-corrected chi connectivity index (χ2v) is 4.85. The van der Waals surface area contributed by atoms with E-state index in [4.69, 9.17) is 11.6 Å². The Bertz CT molecular complexity index is 337. The average molecular weight is 224 g/mol. The molecule has 0 fully saturated rings. The van der Waals surface area contributed by atoms with Crippen LogP contribution in [0, 0.1) is 0 Å². The normalized spacial score (nSPS) is 20.9. The highest BCUT2D eigenvalue weighted by Gasteiger charge is 2.27. The molecule has 15 heavy (non-hydrogen) atoms. The van der Waals surface area contributed by atoms with Crippen LogP contribution in [0.1, 0.15) is 24.0 Å². The maximum absolute atomic E-state index is 5.85. The summed E-state index contributed by atoms with van der Waals surface area (Å²) >= 11 is 5.85. The molecule has 0 N–H and O–H groups in total. The van der Waals surface area contributed by atoms with Crippen molar-refractivity contribution in [3.8, 4) is 0 Å². The Balaban J connectivity index is 1.94. The first-order valence-electron chi connectivity index (χ1n) is 5.56. The molecular formula is C13H18ClN. The van der Waals surface area contributed by atoms with Crippen LogP contribution < -0.4 is 0 Å². The second-order valence-electron chi connectivity index (χ2n) is 4.54. The molecule has 1 aromatic carbocycles. The molecule has 0 bridgehead atoms. The van der Waals surface area contributed by atoms with Crippen LogP contribution in [-0.2, 0) is 6.42 Å². The highest BCUT2D eigenvalue weighted by Crippen LogP contribution is 2.35. The Labute approximate surface area is 97.0 Å². The van der Waals surface area contributed by atoms with Crippen molar-refractivity contribution in [3.63, 3.8) is 0 Å². The molecule has 1 aliphatic carbocycles. The summed E-state index contributed by atoms with van der Waals surface area (Å²) in [6.45, 7) is 3.31. The van der Waals surface area contributed by atoms with Crippen LogP contribution in [-0.4, -0.2) is 30.4 Å². The maximum Gasteiger partial charge on any atom is 0.0376 e. The van der Waals surface area contributed by atoms with Crippen LogP contribution in [0.5, 0.6) is 0 Å². The monoisotopic (exact) mass is 223 g/mol. The number of rotatable bonds is 4. The molecule has 0 heterocycles. The fourth-order valence-electron chi connectivity index (χ4n) is 2.17. The van der Waals surface area contributed by atoms with E-state index in [0.717, 1.165) is 12.5 Å². The Kier molecular flexibility index (Phi) is 3.32. The molecule has 0 aliphatic heterocycles. The average Bonchev–Trinajstić information content (AvgIpc) is 2.24.